The maximum atomic E-state index is 3.87. The summed E-state index contributed by atoms with van der Waals surface area (Å²) in [6.45, 7) is 7.44. The van der Waals surface area contributed by atoms with Crippen molar-refractivity contribution in [3.63, 3.8) is 0 Å². The molecule has 104 valence electrons. The maximum Gasteiger partial charge on any atom is 0.0210 e. The largest absolute Gasteiger partial charge is 0.312 e. The van der Waals surface area contributed by atoms with Crippen molar-refractivity contribution in [1.82, 2.24) is 10.2 Å². The van der Waals surface area contributed by atoms with Crippen molar-refractivity contribution in [2.45, 2.75) is 76.9 Å². The highest BCUT2D eigenvalue weighted by Gasteiger charge is 2.38. The number of likely N-dealkylation sites (tertiary alicyclic amines) is 1. The summed E-state index contributed by atoms with van der Waals surface area (Å²) in [5.41, 5.74) is 0. The van der Waals surface area contributed by atoms with Crippen molar-refractivity contribution in [3.05, 3.63) is 0 Å². The highest BCUT2D eigenvalue weighted by Crippen LogP contribution is 2.33. The second kappa shape index (κ2) is 5.50. The molecule has 2 heteroatoms. The molecule has 0 amide bonds. The lowest BCUT2D eigenvalue weighted by Crippen LogP contribution is -2.37. The van der Waals surface area contributed by atoms with E-state index in [4.69, 9.17) is 0 Å². The third kappa shape index (κ3) is 3.08. The summed E-state index contributed by atoms with van der Waals surface area (Å²) < 4.78 is 0. The van der Waals surface area contributed by atoms with E-state index in [0.29, 0.717) is 0 Å². The van der Waals surface area contributed by atoms with Gasteiger partial charge in [0.25, 0.3) is 0 Å². The highest BCUT2D eigenvalue weighted by atomic mass is 15.3. The Balaban J connectivity index is 1.40. The third-order valence-electron chi connectivity index (χ3n) is 5.38. The van der Waals surface area contributed by atoms with Gasteiger partial charge in [0, 0.05) is 24.7 Å². The Hall–Kier alpha value is -0.0800. The molecular weight excluding hydrogens is 220 g/mol. The molecule has 0 aromatic carbocycles. The van der Waals surface area contributed by atoms with Crippen LogP contribution in [0.2, 0.25) is 0 Å². The van der Waals surface area contributed by atoms with Gasteiger partial charge in [0.05, 0.1) is 0 Å². The van der Waals surface area contributed by atoms with Gasteiger partial charge in [0.15, 0.2) is 0 Å². The summed E-state index contributed by atoms with van der Waals surface area (Å²) in [6, 6.07) is 2.54. The second-order valence-electron chi connectivity index (χ2n) is 7.26. The molecule has 3 fully saturated rings. The van der Waals surface area contributed by atoms with E-state index in [-0.39, 0.29) is 0 Å². The lowest BCUT2D eigenvalue weighted by molar-refractivity contribution is 0.248. The monoisotopic (exact) mass is 250 g/mol. The second-order valence-corrected chi connectivity index (χ2v) is 7.26. The summed E-state index contributed by atoms with van der Waals surface area (Å²) in [5, 5.41) is 3.87. The fourth-order valence-corrected chi connectivity index (χ4v) is 4.20. The molecular formula is C16H30N2. The van der Waals surface area contributed by atoms with E-state index in [1.165, 1.54) is 58.0 Å². The Bertz CT molecular complexity index is 274. The van der Waals surface area contributed by atoms with Gasteiger partial charge in [0.1, 0.15) is 0 Å². The van der Waals surface area contributed by atoms with Crippen molar-refractivity contribution in [1.29, 1.82) is 0 Å². The van der Waals surface area contributed by atoms with Gasteiger partial charge in [-0.25, -0.2) is 0 Å². The molecule has 3 aliphatic rings. The van der Waals surface area contributed by atoms with E-state index in [1.807, 2.05) is 0 Å². The van der Waals surface area contributed by atoms with E-state index in [2.05, 4.69) is 24.1 Å². The average Bonchev–Trinajstić information content (AvgIpc) is 3.11. The molecule has 1 aliphatic heterocycles. The van der Waals surface area contributed by atoms with Crippen LogP contribution in [0.25, 0.3) is 0 Å². The number of hydrogen-bond acceptors (Lipinski definition) is 2. The first-order valence-corrected chi connectivity index (χ1v) is 8.21. The van der Waals surface area contributed by atoms with E-state index < -0.39 is 0 Å². The highest BCUT2D eigenvalue weighted by molar-refractivity contribution is 4.96. The van der Waals surface area contributed by atoms with Crippen LogP contribution in [-0.4, -0.2) is 36.1 Å². The first kappa shape index (κ1) is 12.9. The molecule has 1 heterocycles. The van der Waals surface area contributed by atoms with E-state index >= 15 is 0 Å². The smallest absolute Gasteiger partial charge is 0.0210 e. The zero-order chi connectivity index (χ0) is 12.5. The van der Waals surface area contributed by atoms with Crippen LogP contribution in [0, 0.1) is 11.8 Å². The van der Waals surface area contributed by atoms with Crippen LogP contribution in [0.4, 0.5) is 0 Å². The molecule has 0 bridgehead atoms. The van der Waals surface area contributed by atoms with Crippen molar-refractivity contribution < 1.29 is 0 Å². The van der Waals surface area contributed by atoms with Gasteiger partial charge in [-0.2, -0.15) is 0 Å². The van der Waals surface area contributed by atoms with Crippen molar-refractivity contribution in [3.8, 4) is 0 Å². The fourth-order valence-electron chi connectivity index (χ4n) is 4.20. The standard InChI is InChI=1S/C16H30N2/c1-12-4-3-5-14(8-12)10-17-15-9-13(2)18(11-15)16-6-7-16/h12-17H,3-11H2,1-2H3. The lowest BCUT2D eigenvalue weighted by Gasteiger charge is -2.28. The average molecular weight is 250 g/mol. The molecule has 0 spiro atoms. The maximum absolute atomic E-state index is 3.87. The quantitative estimate of drug-likeness (QED) is 0.825. The van der Waals surface area contributed by atoms with Gasteiger partial charge in [-0.15, -0.1) is 0 Å². The molecule has 2 nitrogen and oxygen atoms in total. The van der Waals surface area contributed by atoms with Gasteiger partial charge < -0.3 is 5.32 Å². The predicted octanol–water partition coefficient (Wildman–Crippen LogP) is 3.03. The summed E-state index contributed by atoms with van der Waals surface area (Å²) in [7, 11) is 0. The Morgan fingerprint density at radius 3 is 2.61 bits per heavy atom. The van der Waals surface area contributed by atoms with Gasteiger partial charge in [-0.3, -0.25) is 4.90 Å². The fraction of sp³-hybridized carbons (Fsp3) is 1.00. The van der Waals surface area contributed by atoms with Crippen LogP contribution in [0.1, 0.15) is 58.8 Å². The van der Waals surface area contributed by atoms with Crippen LogP contribution in [0.15, 0.2) is 0 Å². The summed E-state index contributed by atoms with van der Waals surface area (Å²) >= 11 is 0. The van der Waals surface area contributed by atoms with Crippen molar-refractivity contribution >= 4 is 0 Å². The molecule has 0 aromatic rings. The zero-order valence-electron chi connectivity index (χ0n) is 12.2. The Morgan fingerprint density at radius 1 is 1.06 bits per heavy atom. The van der Waals surface area contributed by atoms with Gasteiger partial charge in [-0.05, 0) is 57.4 Å². The number of hydrogen-bond donors (Lipinski definition) is 1. The molecule has 0 aromatic heterocycles. The Labute approximate surface area is 113 Å². The Morgan fingerprint density at radius 2 is 1.89 bits per heavy atom. The minimum absolute atomic E-state index is 0.776. The Kier molecular flexibility index (Phi) is 3.95. The number of nitrogens with one attached hydrogen (secondary N) is 1. The first-order valence-electron chi connectivity index (χ1n) is 8.21. The van der Waals surface area contributed by atoms with Crippen molar-refractivity contribution in [2.24, 2.45) is 11.8 Å². The minimum atomic E-state index is 0.776. The molecule has 2 aliphatic carbocycles. The summed E-state index contributed by atoms with van der Waals surface area (Å²) in [5.74, 6) is 1.93. The molecule has 4 atom stereocenters. The van der Waals surface area contributed by atoms with Crippen LogP contribution in [0.3, 0.4) is 0 Å². The minimum Gasteiger partial charge on any atom is -0.312 e. The number of nitrogens with zero attached hydrogens (tertiary/aromatic N) is 1. The zero-order valence-corrected chi connectivity index (χ0v) is 12.2. The lowest BCUT2D eigenvalue weighted by atomic mass is 9.82. The van der Waals surface area contributed by atoms with Crippen molar-refractivity contribution in [2.75, 3.05) is 13.1 Å². The third-order valence-corrected chi connectivity index (χ3v) is 5.38. The molecule has 1 saturated heterocycles. The van der Waals surface area contributed by atoms with Crippen LogP contribution in [0.5, 0.6) is 0 Å². The first-order chi connectivity index (χ1) is 8.72. The predicted molar refractivity (Wildman–Crippen MR) is 76.7 cm³/mol. The van der Waals surface area contributed by atoms with Gasteiger partial charge in [0.2, 0.25) is 0 Å². The van der Waals surface area contributed by atoms with E-state index in [0.717, 1.165) is 30.0 Å². The topological polar surface area (TPSA) is 15.3 Å². The molecule has 18 heavy (non-hydrogen) atoms. The van der Waals surface area contributed by atoms with Crippen LogP contribution in [-0.2, 0) is 0 Å². The van der Waals surface area contributed by atoms with Gasteiger partial charge >= 0.3 is 0 Å². The van der Waals surface area contributed by atoms with Crippen LogP contribution >= 0.6 is 0 Å². The summed E-state index contributed by atoms with van der Waals surface area (Å²) in [4.78, 5) is 2.75. The molecule has 1 N–H and O–H groups in total. The van der Waals surface area contributed by atoms with E-state index in [1.54, 1.807) is 0 Å². The summed E-state index contributed by atoms with van der Waals surface area (Å²) in [6.07, 6.45) is 10.1. The number of rotatable bonds is 4. The van der Waals surface area contributed by atoms with E-state index in [9.17, 15) is 0 Å². The molecule has 2 saturated carbocycles. The van der Waals surface area contributed by atoms with Gasteiger partial charge in [-0.1, -0.05) is 19.8 Å². The normalized spacial score (nSPS) is 42.3. The molecule has 3 rings (SSSR count). The molecule has 4 unspecified atom stereocenters. The SMILES string of the molecule is CC1CCCC(CNC2CC(C)N(C3CC3)C2)C1. The van der Waals surface area contributed by atoms with Crippen LogP contribution < -0.4 is 5.32 Å². The molecule has 0 radical (unpaired) electrons.